The van der Waals surface area contributed by atoms with Gasteiger partial charge in [0.15, 0.2) is 0 Å². The highest BCUT2D eigenvalue weighted by Gasteiger charge is 2.15. The lowest BCUT2D eigenvalue weighted by Gasteiger charge is -2.13. The number of anilines is 2. The maximum absolute atomic E-state index is 12.2. The van der Waals surface area contributed by atoms with E-state index in [1.165, 1.54) is 0 Å². The fourth-order valence-electron chi connectivity index (χ4n) is 1.88. The van der Waals surface area contributed by atoms with Crippen LogP contribution in [0, 0.1) is 6.92 Å². The summed E-state index contributed by atoms with van der Waals surface area (Å²) in [6.45, 7) is 1.89. The molecular formula is C14H16BrN3O2S. The third-order valence-electron chi connectivity index (χ3n) is 2.93. The number of nitrogens with zero attached hydrogens (tertiary/aromatic N) is 1. The molecular weight excluding hydrogens is 354 g/mol. The van der Waals surface area contributed by atoms with Crippen LogP contribution in [0.5, 0.6) is 0 Å². The van der Waals surface area contributed by atoms with Crippen molar-refractivity contribution < 1.29 is 8.42 Å². The Morgan fingerprint density at radius 1 is 1.29 bits per heavy atom. The monoisotopic (exact) mass is 369 g/mol. The second kappa shape index (κ2) is 6.44. The van der Waals surface area contributed by atoms with Gasteiger partial charge in [-0.1, -0.05) is 0 Å². The van der Waals surface area contributed by atoms with Gasteiger partial charge in [-0.05, 0) is 64.7 Å². The van der Waals surface area contributed by atoms with Gasteiger partial charge in [-0.15, -0.1) is 0 Å². The zero-order valence-corrected chi connectivity index (χ0v) is 13.9. The van der Waals surface area contributed by atoms with E-state index in [0.717, 1.165) is 11.1 Å². The summed E-state index contributed by atoms with van der Waals surface area (Å²) < 4.78 is 27.5. The first-order chi connectivity index (χ1) is 9.87. The van der Waals surface area contributed by atoms with Crippen LogP contribution in [0.2, 0.25) is 0 Å². The summed E-state index contributed by atoms with van der Waals surface area (Å²) in [7, 11) is -3.47. The Kier molecular flexibility index (Phi) is 4.84. The van der Waals surface area contributed by atoms with Crippen molar-refractivity contribution in [3.63, 3.8) is 0 Å². The fourth-order valence-corrected chi connectivity index (χ4v) is 3.85. The Balaban J connectivity index is 2.11. The molecule has 21 heavy (non-hydrogen) atoms. The summed E-state index contributed by atoms with van der Waals surface area (Å²) in [5.74, 6) is -0.0171. The standard InChI is InChI=1S/C14H16BrN3O2S/c1-10-8-12(15)14(13(16)9-10)18-21(19,20)7-4-11-2-5-17-6-3-11/h2-3,5-6,8-9,18H,4,7,16H2,1H3. The highest BCUT2D eigenvalue weighted by Crippen LogP contribution is 2.31. The molecule has 0 amide bonds. The van der Waals surface area contributed by atoms with E-state index in [1.807, 2.05) is 13.0 Å². The third-order valence-corrected chi connectivity index (χ3v) is 4.81. The molecule has 0 atom stereocenters. The van der Waals surface area contributed by atoms with Crippen molar-refractivity contribution in [2.24, 2.45) is 0 Å². The lowest BCUT2D eigenvalue weighted by Crippen LogP contribution is -2.19. The molecule has 0 bridgehead atoms. The molecule has 0 aliphatic heterocycles. The number of sulfonamides is 1. The lowest BCUT2D eigenvalue weighted by molar-refractivity contribution is 0.600. The minimum absolute atomic E-state index is 0.0171. The van der Waals surface area contributed by atoms with Gasteiger partial charge in [0.1, 0.15) is 0 Å². The van der Waals surface area contributed by atoms with E-state index in [-0.39, 0.29) is 5.75 Å². The molecule has 1 aromatic carbocycles. The van der Waals surface area contributed by atoms with Gasteiger partial charge < -0.3 is 5.73 Å². The Labute approximate surface area is 132 Å². The van der Waals surface area contributed by atoms with E-state index in [9.17, 15) is 8.42 Å². The normalized spacial score (nSPS) is 11.3. The summed E-state index contributed by atoms with van der Waals surface area (Å²) in [5, 5.41) is 0. The number of nitrogens with two attached hydrogens (primary N) is 1. The second-order valence-corrected chi connectivity index (χ2v) is 7.43. The van der Waals surface area contributed by atoms with Crippen molar-refractivity contribution in [3.05, 3.63) is 52.3 Å². The first-order valence-electron chi connectivity index (χ1n) is 6.32. The molecule has 0 fully saturated rings. The highest BCUT2D eigenvalue weighted by molar-refractivity contribution is 9.10. The van der Waals surface area contributed by atoms with Crippen molar-refractivity contribution in [1.29, 1.82) is 0 Å². The quantitative estimate of drug-likeness (QED) is 0.793. The minimum Gasteiger partial charge on any atom is -0.397 e. The number of hydrogen-bond acceptors (Lipinski definition) is 4. The van der Waals surface area contributed by atoms with Gasteiger partial charge in [-0.2, -0.15) is 0 Å². The summed E-state index contributed by atoms with van der Waals surface area (Å²) in [6.07, 6.45) is 3.70. The molecule has 3 N–H and O–H groups in total. The van der Waals surface area contributed by atoms with Gasteiger partial charge in [0.25, 0.3) is 0 Å². The third kappa shape index (κ3) is 4.44. The summed E-state index contributed by atoms with van der Waals surface area (Å²) in [5.41, 5.74) is 8.53. The van der Waals surface area contributed by atoms with Crippen molar-refractivity contribution in [1.82, 2.24) is 4.98 Å². The largest absolute Gasteiger partial charge is 0.397 e. The Bertz CT molecular complexity index is 710. The number of aromatic nitrogens is 1. The first-order valence-corrected chi connectivity index (χ1v) is 8.77. The average molecular weight is 370 g/mol. The smallest absolute Gasteiger partial charge is 0.233 e. The molecule has 0 spiro atoms. The summed E-state index contributed by atoms with van der Waals surface area (Å²) >= 11 is 3.33. The Morgan fingerprint density at radius 2 is 1.95 bits per heavy atom. The summed E-state index contributed by atoms with van der Waals surface area (Å²) in [6, 6.07) is 7.14. The molecule has 0 radical (unpaired) electrons. The van der Waals surface area contributed by atoms with Crippen molar-refractivity contribution in [2.45, 2.75) is 13.3 Å². The van der Waals surface area contributed by atoms with Crippen LogP contribution in [-0.4, -0.2) is 19.2 Å². The van der Waals surface area contributed by atoms with Gasteiger partial charge in [0.2, 0.25) is 10.0 Å². The predicted octanol–water partition coefficient (Wildman–Crippen LogP) is 2.72. The summed E-state index contributed by atoms with van der Waals surface area (Å²) in [4.78, 5) is 3.90. The van der Waals surface area contributed by atoms with Gasteiger partial charge in [0.05, 0.1) is 17.1 Å². The molecule has 1 heterocycles. The number of rotatable bonds is 5. The number of nitrogens with one attached hydrogen (secondary N) is 1. The molecule has 0 unspecified atom stereocenters. The highest BCUT2D eigenvalue weighted by atomic mass is 79.9. The second-order valence-electron chi connectivity index (χ2n) is 4.74. The molecule has 1 aromatic heterocycles. The topological polar surface area (TPSA) is 85.1 Å². The van der Waals surface area contributed by atoms with Crippen molar-refractivity contribution >= 4 is 37.3 Å². The number of pyridine rings is 1. The molecule has 2 aromatic rings. The van der Waals surface area contributed by atoms with E-state index in [1.54, 1.807) is 30.6 Å². The number of halogens is 1. The molecule has 112 valence electrons. The van der Waals surface area contributed by atoms with Crippen LogP contribution in [-0.2, 0) is 16.4 Å². The molecule has 2 rings (SSSR count). The SMILES string of the molecule is Cc1cc(N)c(NS(=O)(=O)CCc2ccncc2)c(Br)c1. The van der Waals surface area contributed by atoms with Crippen LogP contribution >= 0.6 is 15.9 Å². The molecule has 0 aliphatic carbocycles. The van der Waals surface area contributed by atoms with Crippen LogP contribution < -0.4 is 10.5 Å². The van der Waals surface area contributed by atoms with Crippen LogP contribution in [0.15, 0.2) is 41.1 Å². The van der Waals surface area contributed by atoms with Crippen LogP contribution in [0.1, 0.15) is 11.1 Å². The maximum Gasteiger partial charge on any atom is 0.233 e. The van der Waals surface area contributed by atoms with Gasteiger partial charge in [-0.3, -0.25) is 9.71 Å². The molecule has 0 saturated heterocycles. The Morgan fingerprint density at radius 3 is 2.57 bits per heavy atom. The molecule has 5 nitrogen and oxygen atoms in total. The number of hydrogen-bond donors (Lipinski definition) is 2. The van der Waals surface area contributed by atoms with Crippen LogP contribution in [0.25, 0.3) is 0 Å². The lowest BCUT2D eigenvalue weighted by atomic mass is 10.2. The van der Waals surface area contributed by atoms with Gasteiger partial charge in [-0.25, -0.2) is 8.42 Å². The van der Waals surface area contributed by atoms with E-state index < -0.39 is 10.0 Å². The van der Waals surface area contributed by atoms with Gasteiger partial charge >= 0.3 is 0 Å². The van der Waals surface area contributed by atoms with Crippen LogP contribution in [0.4, 0.5) is 11.4 Å². The van der Waals surface area contributed by atoms with E-state index in [2.05, 4.69) is 25.6 Å². The van der Waals surface area contributed by atoms with Gasteiger partial charge in [0, 0.05) is 16.9 Å². The molecule has 0 aliphatic rings. The number of nitrogen functional groups attached to an aromatic ring is 1. The van der Waals surface area contributed by atoms with E-state index in [0.29, 0.717) is 22.3 Å². The molecule has 7 heteroatoms. The van der Waals surface area contributed by atoms with E-state index >= 15 is 0 Å². The number of aryl methyl sites for hydroxylation is 2. The van der Waals surface area contributed by atoms with E-state index in [4.69, 9.17) is 5.73 Å². The fraction of sp³-hybridized carbons (Fsp3) is 0.214. The van der Waals surface area contributed by atoms with Crippen LogP contribution in [0.3, 0.4) is 0 Å². The van der Waals surface area contributed by atoms with Crippen molar-refractivity contribution in [3.8, 4) is 0 Å². The number of benzene rings is 1. The molecule has 0 saturated carbocycles. The zero-order chi connectivity index (χ0) is 15.5. The average Bonchev–Trinajstić information content (AvgIpc) is 2.42. The zero-order valence-electron chi connectivity index (χ0n) is 11.5. The maximum atomic E-state index is 12.2. The minimum atomic E-state index is -3.47. The predicted molar refractivity (Wildman–Crippen MR) is 88.6 cm³/mol. The Hall–Kier alpha value is -1.60. The van der Waals surface area contributed by atoms with Crippen molar-refractivity contribution in [2.75, 3.05) is 16.2 Å². The first kappa shape index (κ1) is 15.8.